The molecule has 2 aromatic carbocycles. The Hall–Kier alpha value is -1.41. The second kappa shape index (κ2) is 9.19. The molecule has 0 saturated carbocycles. The number of methoxy groups -OCH3 is 1. The van der Waals surface area contributed by atoms with Crippen LogP contribution in [0.25, 0.3) is 0 Å². The Kier molecular flexibility index (Phi) is 7.45. The van der Waals surface area contributed by atoms with E-state index in [9.17, 15) is 13.5 Å². The van der Waals surface area contributed by atoms with E-state index in [1.54, 1.807) is 43.5 Å². The molecule has 27 heavy (non-hydrogen) atoms. The molecule has 2 aromatic rings. The number of aliphatic hydroxyl groups excluding tert-OH is 1. The highest BCUT2D eigenvalue weighted by Crippen LogP contribution is 2.29. The van der Waals surface area contributed by atoms with Crippen molar-refractivity contribution >= 4 is 26.0 Å². The number of sulfonamides is 1. The third kappa shape index (κ3) is 5.10. The lowest BCUT2D eigenvalue weighted by molar-refractivity contribution is 0.148. The molecule has 0 unspecified atom stereocenters. The Balaban J connectivity index is 2.53. The van der Waals surface area contributed by atoms with Gasteiger partial charge < -0.3 is 9.84 Å². The van der Waals surface area contributed by atoms with Crippen LogP contribution in [0.4, 0.5) is 0 Å². The van der Waals surface area contributed by atoms with Gasteiger partial charge in [-0.25, -0.2) is 8.42 Å². The molecule has 1 N–H and O–H groups in total. The summed E-state index contributed by atoms with van der Waals surface area (Å²) in [6.45, 7) is 5.58. The molecule has 0 amide bonds. The number of halogens is 1. The van der Waals surface area contributed by atoms with Crippen LogP contribution in [0.3, 0.4) is 0 Å². The number of hydrogen-bond donors (Lipinski definition) is 1. The maximum Gasteiger partial charge on any atom is 0.243 e. The van der Waals surface area contributed by atoms with E-state index in [1.807, 2.05) is 26.8 Å². The van der Waals surface area contributed by atoms with Crippen LogP contribution in [0, 0.1) is 12.8 Å². The Morgan fingerprint density at radius 2 is 1.78 bits per heavy atom. The molecule has 1 atom stereocenters. The standard InChI is InChI=1S/C20H26BrNO4S/c1-14(2)20(13-23)22(12-16-11-17(26-4)7-10-19(16)21)27(24,25)18-8-5-15(3)6-9-18/h5-11,14,20,23H,12-13H2,1-4H3/t20-/m1/s1. The van der Waals surface area contributed by atoms with E-state index in [4.69, 9.17) is 4.74 Å². The largest absolute Gasteiger partial charge is 0.497 e. The van der Waals surface area contributed by atoms with Gasteiger partial charge in [-0.1, -0.05) is 47.5 Å². The number of benzene rings is 2. The van der Waals surface area contributed by atoms with Crippen molar-refractivity contribution in [1.29, 1.82) is 0 Å². The second-order valence-corrected chi connectivity index (χ2v) is 9.56. The van der Waals surface area contributed by atoms with E-state index >= 15 is 0 Å². The molecule has 0 spiro atoms. The van der Waals surface area contributed by atoms with E-state index in [1.165, 1.54) is 4.31 Å². The first-order valence-electron chi connectivity index (χ1n) is 8.72. The minimum Gasteiger partial charge on any atom is -0.497 e. The summed E-state index contributed by atoms with van der Waals surface area (Å²) in [4.78, 5) is 0.214. The summed E-state index contributed by atoms with van der Waals surface area (Å²) in [5, 5.41) is 9.93. The van der Waals surface area contributed by atoms with Gasteiger partial charge in [0.2, 0.25) is 10.0 Å². The molecule has 0 aliphatic heterocycles. The zero-order chi connectivity index (χ0) is 20.2. The average molecular weight is 456 g/mol. The Labute approximate surface area is 170 Å². The zero-order valence-electron chi connectivity index (χ0n) is 16.0. The predicted molar refractivity (Wildman–Crippen MR) is 110 cm³/mol. The fraction of sp³-hybridized carbons (Fsp3) is 0.400. The van der Waals surface area contributed by atoms with Gasteiger partial charge in [-0.05, 0) is 48.7 Å². The van der Waals surface area contributed by atoms with E-state index in [2.05, 4.69) is 15.9 Å². The molecule has 0 fully saturated rings. The maximum absolute atomic E-state index is 13.4. The molecule has 0 saturated heterocycles. The molecule has 2 rings (SSSR count). The Bertz CT molecular complexity index is 866. The second-order valence-electron chi connectivity index (χ2n) is 6.81. The van der Waals surface area contributed by atoms with Crippen LogP contribution in [0.1, 0.15) is 25.0 Å². The first-order chi connectivity index (χ1) is 12.7. The predicted octanol–water partition coefficient (Wildman–Crippen LogP) is 3.97. The molecular weight excluding hydrogens is 430 g/mol. The van der Waals surface area contributed by atoms with Gasteiger partial charge in [0.05, 0.1) is 24.7 Å². The monoisotopic (exact) mass is 455 g/mol. The van der Waals surface area contributed by atoms with Crippen molar-refractivity contribution in [2.24, 2.45) is 5.92 Å². The van der Waals surface area contributed by atoms with Crippen LogP contribution in [0.2, 0.25) is 0 Å². The minimum atomic E-state index is -3.80. The van der Waals surface area contributed by atoms with Gasteiger partial charge in [-0.2, -0.15) is 4.31 Å². The molecule has 0 heterocycles. The molecule has 148 valence electrons. The molecule has 5 nitrogen and oxygen atoms in total. The summed E-state index contributed by atoms with van der Waals surface area (Å²) < 4.78 is 34.2. The third-order valence-corrected chi connectivity index (χ3v) is 7.19. The fourth-order valence-electron chi connectivity index (χ4n) is 2.83. The summed E-state index contributed by atoms with van der Waals surface area (Å²) >= 11 is 3.49. The van der Waals surface area contributed by atoms with Gasteiger partial charge in [0.15, 0.2) is 0 Å². The maximum atomic E-state index is 13.4. The molecule has 0 aromatic heterocycles. The van der Waals surface area contributed by atoms with Crippen molar-refractivity contribution in [2.75, 3.05) is 13.7 Å². The van der Waals surface area contributed by atoms with Crippen LogP contribution < -0.4 is 4.74 Å². The van der Waals surface area contributed by atoms with Gasteiger partial charge in [-0.3, -0.25) is 0 Å². The number of hydrogen-bond acceptors (Lipinski definition) is 4. The highest BCUT2D eigenvalue weighted by atomic mass is 79.9. The number of rotatable bonds is 8. The van der Waals surface area contributed by atoms with Crippen LogP contribution in [-0.2, 0) is 16.6 Å². The van der Waals surface area contributed by atoms with Crippen molar-refractivity contribution in [2.45, 2.75) is 38.3 Å². The van der Waals surface area contributed by atoms with Crippen molar-refractivity contribution in [3.8, 4) is 5.75 Å². The summed E-state index contributed by atoms with van der Waals surface area (Å²) in [5.41, 5.74) is 1.75. The van der Waals surface area contributed by atoms with E-state index in [0.29, 0.717) is 5.75 Å². The number of nitrogens with zero attached hydrogens (tertiary/aromatic N) is 1. The van der Waals surface area contributed by atoms with Crippen LogP contribution in [-0.4, -0.2) is 37.6 Å². The van der Waals surface area contributed by atoms with Crippen LogP contribution >= 0.6 is 15.9 Å². The van der Waals surface area contributed by atoms with Gasteiger partial charge >= 0.3 is 0 Å². The van der Waals surface area contributed by atoms with Crippen LogP contribution in [0.5, 0.6) is 5.75 Å². The molecule has 0 bridgehead atoms. The van der Waals surface area contributed by atoms with Gasteiger partial charge in [-0.15, -0.1) is 0 Å². The lowest BCUT2D eigenvalue weighted by Crippen LogP contribution is -2.45. The lowest BCUT2D eigenvalue weighted by atomic mass is 10.0. The zero-order valence-corrected chi connectivity index (χ0v) is 18.4. The first-order valence-corrected chi connectivity index (χ1v) is 11.0. The quantitative estimate of drug-likeness (QED) is 0.653. The number of aliphatic hydroxyl groups is 1. The molecule has 7 heteroatoms. The number of ether oxygens (including phenoxy) is 1. The van der Waals surface area contributed by atoms with E-state index in [-0.39, 0.29) is 24.0 Å². The molecule has 0 radical (unpaired) electrons. The summed E-state index contributed by atoms with van der Waals surface area (Å²) in [5.74, 6) is 0.589. The van der Waals surface area contributed by atoms with Gasteiger partial charge in [0.1, 0.15) is 5.75 Å². The Morgan fingerprint density at radius 3 is 2.30 bits per heavy atom. The normalized spacial score (nSPS) is 13.2. The van der Waals surface area contributed by atoms with Gasteiger partial charge in [0, 0.05) is 11.0 Å². The van der Waals surface area contributed by atoms with E-state index in [0.717, 1.165) is 15.6 Å². The molecule has 0 aliphatic carbocycles. The average Bonchev–Trinajstić information content (AvgIpc) is 2.63. The van der Waals surface area contributed by atoms with Crippen molar-refractivity contribution < 1.29 is 18.3 Å². The smallest absolute Gasteiger partial charge is 0.243 e. The molecule has 0 aliphatic rings. The molecular formula is C20H26BrNO4S. The fourth-order valence-corrected chi connectivity index (χ4v) is 4.93. The summed E-state index contributed by atoms with van der Waals surface area (Å²) in [6, 6.07) is 11.6. The minimum absolute atomic E-state index is 0.0559. The SMILES string of the molecule is COc1ccc(Br)c(CN([C@H](CO)C(C)C)S(=O)(=O)c2ccc(C)cc2)c1. The first kappa shape index (κ1) is 21.9. The Morgan fingerprint density at radius 1 is 1.15 bits per heavy atom. The highest BCUT2D eigenvalue weighted by Gasteiger charge is 2.33. The highest BCUT2D eigenvalue weighted by molar-refractivity contribution is 9.10. The van der Waals surface area contributed by atoms with Gasteiger partial charge in [0.25, 0.3) is 0 Å². The van der Waals surface area contributed by atoms with E-state index < -0.39 is 16.1 Å². The van der Waals surface area contributed by atoms with Crippen LogP contribution in [0.15, 0.2) is 51.8 Å². The van der Waals surface area contributed by atoms with Crippen molar-refractivity contribution in [3.63, 3.8) is 0 Å². The van der Waals surface area contributed by atoms with Crippen molar-refractivity contribution in [1.82, 2.24) is 4.31 Å². The summed E-state index contributed by atoms with van der Waals surface area (Å²) in [6.07, 6.45) is 0. The topological polar surface area (TPSA) is 66.8 Å². The number of aryl methyl sites for hydroxylation is 1. The summed E-state index contributed by atoms with van der Waals surface area (Å²) in [7, 11) is -2.23. The lowest BCUT2D eigenvalue weighted by Gasteiger charge is -2.32. The third-order valence-electron chi connectivity index (χ3n) is 4.53. The van der Waals surface area contributed by atoms with Crippen molar-refractivity contribution in [3.05, 3.63) is 58.1 Å².